The molecule has 0 fully saturated rings. The second-order valence-electron chi connectivity index (χ2n) is 7.42. The summed E-state index contributed by atoms with van der Waals surface area (Å²) in [5.74, 6) is 1.88. The zero-order chi connectivity index (χ0) is 21.5. The van der Waals surface area contributed by atoms with E-state index >= 15 is 0 Å². The molecule has 0 saturated carbocycles. The lowest BCUT2D eigenvalue weighted by Crippen LogP contribution is -2.24. The zero-order valence-electron chi connectivity index (χ0n) is 17.9. The van der Waals surface area contributed by atoms with Crippen LogP contribution in [0.2, 0.25) is 0 Å². The number of aromatic nitrogens is 3. The number of ether oxygens (including phenoxy) is 1. The third kappa shape index (κ3) is 5.63. The molecule has 1 N–H and O–H groups in total. The van der Waals surface area contributed by atoms with Gasteiger partial charge in [0.2, 0.25) is 5.91 Å². The number of para-hydroxylation sites is 1. The maximum Gasteiger partial charge on any atom is 0.230 e. The van der Waals surface area contributed by atoms with Gasteiger partial charge in [-0.25, -0.2) is 0 Å². The summed E-state index contributed by atoms with van der Waals surface area (Å²) in [4.78, 5) is 12.2. The molecule has 0 saturated heterocycles. The molecule has 3 aromatic rings. The Hall–Kier alpha value is -2.80. The van der Waals surface area contributed by atoms with Crippen molar-refractivity contribution in [1.29, 1.82) is 0 Å². The Morgan fingerprint density at radius 1 is 1.07 bits per heavy atom. The fourth-order valence-corrected chi connectivity index (χ4v) is 4.08. The standard InChI is InChI=1S/C23H28N4O2S/c1-16(2)27-20(14-29-22-17(3)9-8-10-18(22)4)25-26-23(27)30-15-21(28)24-13-19-11-6-5-7-12-19/h5-12,16H,13-15H2,1-4H3,(H,24,28). The van der Waals surface area contributed by atoms with E-state index in [2.05, 4.69) is 29.4 Å². The van der Waals surface area contributed by atoms with Crippen LogP contribution in [0, 0.1) is 13.8 Å². The highest BCUT2D eigenvalue weighted by Crippen LogP contribution is 2.25. The number of rotatable bonds is 9. The first-order valence-corrected chi connectivity index (χ1v) is 11.0. The van der Waals surface area contributed by atoms with E-state index in [0.29, 0.717) is 13.2 Å². The molecule has 0 aliphatic rings. The molecule has 158 valence electrons. The number of carbonyl (C=O) groups excluding carboxylic acids is 1. The van der Waals surface area contributed by atoms with Crippen LogP contribution in [0.5, 0.6) is 5.75 Å². The van der Waals surface area contributed by atoms with E-state index < -0.39 is 0 Å². The summed E-state index contributed by atoms with van der Waals surface area (Å²) in [6.07, 6.45) is 0. The second kappa shape index (κ2) is 10.3. The van der Waals surface area contributed by atoms with Crippen molar-refractivity contribution in [2.24, 2.45) is 0 Å². The number of amides is 1. The fourth-order valence-electron chi connectivity index (χ4n) is 3.16. The van der Waals surface area contributed by atoms with Crippen molar-refractivity contribution in [2.45, 2.75) is 52.0 Å². The number of nitrogens with zero attached hydrogens (tertiary/aromatic N) is 3. The molecule has 0 aliphatic heterocycles. The summed E-state index contributed by atoms with van der Waals surface area (Å²) in [5, 5.41) is 12.3. The highest BCUT2D eigenvalue weighted by molar-refractivity contribution is 7.99. The number of thioether (sulfide) groups is 1. The van der Waals surface area contributed by atoms with E-state index in [9.17, 15) is 4.79 Å². The number of nitrogens with one attached hydrogen (secondary N) is 1. The molecule has 0 radical (unpaired) electrons. The van der Waals surface area contributed by atoms with E-state index in [1.807, 2.05) is 66.9 Å². The Balaban J connectivity index is 1.60. The molecule has 2 aromatic carbocycles. The number of benzene rings is 2. The Kier molecular flexibility index (Phi) is 7.52. The van der Waals surface area contributed by atoms with Crippen LogP contribution in [0.15, 0.2) is 53.7 Å². The highest BCUT2D eigenvalue weighted by atomic mass is 32.2. The third-order valence-electron chi connectivity index (χ3n) is 4.67. The summed E-state index contributed by atoms with van der Waals surface area (Å²) in [6.45, 7) is 9.07. The molecular formula is C23H28N4O2S. The van der Waals surface area contributed by atoms with Crippen LogP contribution in [-0.4, -0.2) is 26.4 Å². The average molecular weight is 425 g/mol. The van der Waals surface area contributed by atoms with Crippen LogP contribution in [0.4, 0.5) is 0 Å². The molecule has 1 amide bonds. The minimum absolute atomic E-state index is 0.0319. The molecule has 0 aliphatic carbocycles. The maximum absolute atomic E-state index is 12.2. The summed E-state index contributed by atoms with van der Waals surface area (Å²) < 4.78 is 8.09. The fraction of sp³-hybridized carbons (Fsp3) is 0.348. The van der Waals surface area contributed by atoms with Crippen LogP contribution < -0.4 is 10.1 Å². The van der Waals surface area contributed by atoms with E-state index in [-0.39, 0.29) is 17.7 Å². The van der Waals surface area contributed by atoms with Gasteiger partial charge in [-0.15, -0.1) is 10.2 Å². The molecule has 1 heterocycles. The predicted molar refractivity (Wildman–Crippen MR) is 120 cm³/mol. The lowest BCUT2D eigenvalue weighted by Gasteiger charge is -2.15. The van der Waals surface area contributed by atoms with Gasteiger partial charge >= 0.3 is 0 Å². The molecule has 3 rings (SSSR count). The smallest absolute Gasteiger partial charge is 0.230 e. The van der Waals surface area contributed by atoms with Crippen molar-refractivity contribution in [3.8, 4) is 5.75 Å². The number of hydrogen-bond acceptors (Lipinski definition) is 5. The van der Waals surface area contributed by atoms with Crippen LogP contribution in [0.25, 0.3) is 0 Å². The van der Waals surface area contributed by atoms with Crippen LogP contribution in [-0.2, 0) is 17.9 Å². The zero-order valence-corrected chi connectivity index (χ0v) is 18.7. The summed E-state index contributed by atoms with van der Waals surface area (Å²) in [7, 11) is 0. The third-order valence-corrected chi connectivity index (χ3v) is 5.61. The van der Waals surface area contributed by atoms with Gasteiger partial charge in [0.05, 0.1) is 5.75 Å². The molecule has 30 heavy (non-hydrogen) atoms. The second-order valence-corrected chi connectivity index (χ2v) is 8.37. The van der Waals surface area contributed by atoms with E-state index in [4.69, 9.17) is 4.74 Å². The topological polar surface area (TPSA) is 69.0 Å². The molecule has 7 heteroatoms. The molecule has 0 atom stereocenters. The van der Waals surface area contributed by atoms with Gasteiger partial charge in [-0.2, -0.15) is 0 Å². The van der Waals surface area contributed by atoms with E-state index in [1.54, 1.807) is 0 Å². The highest BCUT2D eigenvalue weighted by Gasteiger charge is 2.17. The molecule has 0 unspecified atom stereocenters. The SMILES string of the molecule is Cc1cccc(C)c1OCc1nnc(SCC(=O)NCc2ccccc2)n1C(C)C. The monoisotopic (exact) mass is 424 g/mol. The van der Waals surface area contributed by atoms with E-state index in [0.717, 1.165) is 33.4 Å². The van der Waals surface area contributed by atoms with Crippen molar-refractivity contribution < 1.29 is 9.53 Å². The Morgan fingerprint density at radius 3 is 2.43 bits per heavy atom. The first-order chi connectivity index (χ1) is 14.5. The summed E-state index contributed by atoms with van der Waals surface area (Å²) in [6, 6.07) is 16.1. The number of carbonyl (C=O) groups is 1. The summed E-state index contributed by atoms with van der Waals surface area (Å²) in [5.41, 5.74) is 3.26. The predicted octanol–water partition coefficient (Wildman–Crippen LogP) is 4.46. The minimum atomic E-state index is -0.0319. The summed E-state index contributed by atoms with van der Waals surface area (Å²) >= 11 is 1.39. The van der Waals surface area contributed by atoms with Gasteiger partial charge in [-0.3, -0.25) is 4.79 Å². The van der Waals surface area contributed by atoms with Crippen molar-refractivity contribution in [3.63, 3.8) is 0 Å². The lowest BCUT2D eigenvalue weighted by atomic mass is 10.1. The first kappa shape index (κ1) is 21.9. The molecule has 6 nitrogen and oxygen atoms in total. The van der Waals surface area contributed by atoms with Gasteiger partial charge < -0.3 is 14.6 Å². The maximum atomic E-state index is 12.2. The van der Waals surface area contributed by atoms with Crippen LogP contribution in [0.3, 0.4) is 0 Å². The Morgan fingerprint density at radius 2 is 1.77 bits per heavy atom. The van der Waals surface area contributed by atoms with Crippen molar-refractivity contribution in [1.82, 2.24) is 20.1 Å². The largest absolute Gasteiger partial charge is 0.485 e. The number of hydrogen-bond donors (Lipinski definition) is 1. The van der Waals surface area contributed by atoms with Gasteiger partial charge in [0.15, 0.2) is 11.0 Å². The number of aryl methyl sites for hydroxylation is 2. The molecular weight excluding hydrogens is 396 g/mol. The Labute approximate surface area is 182 Å². The van der Waals surface area contributed by atoms with Gasteiger partial charge in [-0.05, 0) is 44.4 Å². The first-order valence-electron chi connectivity index (χ1n) is 10.0. The van der Waals surface area contributed by atoms with Crippen molar-refractivity contribution in [3.05, 3.63) is 71.0 Å². The molecule has 1 aromatic heterocycles. The average Bonchev–Trinajstić information content (AvgIpc) is 3.14. The van der Waals surface area contributed by atoms with Gasteiger partial charge in [0.25, 0.3) is 0 Å². The van der Waals surface area contributed by atoms with E-state index in [1.165, 1.54) is 11.8 Å². The van der Waals surface area contributed by atoms with Crippen LogP contribution >= 0.6 is 11.8 Å². The van der Waals surface area contributed by atoms with Gasteiger partial charge in [-0.1, -0.05) is 60.3 Å². The Bertz CT molecular complexity index is 966. The van der Waals surface area contributed by atoms with Crippen molar-refractivity contribution in [2.75, 3.05) is 5.75 Å². The lowest BCUT2D eigenvalue weighted by molar-refractivity contribution is -0.118. The van der Waals surface area contributed by atoms with Gasteiger partial charge in [0, 0.05) is 12.6 Å². The normalized spacial score (nSPS) is 11.0. The van der Waals surface area contributed by atoms with Crippen LogP contribution in [0.1, 0.15) is 42.4 Å². The van der Waals surface area contributed by atoms with Gasteiger partial charge in [0.1, 0.15) is 12.4 Å². The minimum Gasteiger partial charge on any atom is -0.485 e. The molecule has 0 bridgehead atoms. The quantitative estimate of drug-likeness (QED) is 0.514. The van der Waals surface area contributed by atoms with Crippen molar-refractivity contribution >= 4 is 17.7 Å². The molecule has 0 spiro atoms.